The van der Waals surface area contributed by atoms with Crippen LogP contribution in [-0.2, 0) is 42.9 Å². The van der Waals surface area contributed by atoms with E-state index in [-0.39, 0.29) is 63.1 Å². The molecule has 1 unspecified atom stereocenters. The quantitative estimate of drug-likeness (QED) is 0.0550. The molecule has 0 spiro atoms. The minimum absolute atomic E-state index is 0.0143. The van der Waals surface area contributed by atoms with Crippen LogP contribution in [0.3, 0.4) is 0 Å². The molecule has 0 aliphatic rings. The third-order valence-electron chi connectivity index (χ3n) is 6.72. The molecule has 0 saturated heterocycles. The second-order valence-electron chi connectivity index (χ2n) is 10.8. The zero-order valence-electron chi connectivity index (χ0n) is 26.4. The number of rotatable bonds is 28. The molecule has 9 heteroatoms. The summed E-state index contributed by atoms with van der Waals surface area (Å²) in [6.45, 7) is 6.06. The Kier molecular flexibility index (Phi) is 26.5. The summed E-state index contributed by atoms with van der Waals surface area (Å²) in [6, 6.07) is 0. The van der Waals surface area contributed by atoms with Gasteiger partial charge in [-0.2, -0.15) is 0 Å². The van der Waals surface area contributed by atoms with Crippen LogP contribution in [0.15, 0.2) is 0 Å². The van der Waals surface area contributed by atoms with Gasteiger partial charge >= 0.3 is 23.9 Å². The molecule has 41 heavy (non-hydrogen) atoms. The molecular formula is C32H58O9. The smallest absolute Gasteiger partial charge is 0.310 e. The molecular weight excluding hydrogens is 528 g/mol. The van der Waals surface area contributed by atoms with Gasteiger partial charge in [0.1, 0.15) is 13.2 Å². The van der Waals surface area contributed by atoms with E-state index in [0.29, 0.717) is 12.8 Å². The lowest BCUT2D eigenvalue weighted by Crippen LogP contribution is -2.31. The molecule has 0 aliphatic heterocycles. The summed E-state index contributed by atoms with van der Waals surface area (Å²) in [5.41, 5.74) is 0. The molecule has 0 aromatic carbocycles. The average Bonchev–Trinajstić information content (AvgIpc) is 2.95. The number of unbranched alkanes of at least 4 members (excludes halogenated alkanes) is 12. The number of methoxy groups -OCH3 is 1. The van der Waals surface area contributed by atoms with Crippen molar-refractivity contribution in [3.8, 4) is 0 Å². The first kappa shape index (κ1) is 38.8. The van der Waals surface area contributed by atoms with Gasteiger partial charge in [0.05, 0.1) is 19.1 Å². The highest BCUT2D eigenvalue weighted by atomic mass is 16.6. The number of hydrogen-bond donors (Lipinski definition) is 0. The van der Waals surface area contributed by atoms with Crippen LogP contribution >= 0.6 is 0 Å². The van der Waals surface area contributed by atoms with Crippen LogP contribution in [0.25, 0.3) is 0 Å². The summed E-state index contributed by atoms with van der Waals surface area (Å²) in [5.74, 6) is -2.03. The zero-order chi connectivity index (χ0) is 30.6. The van der Waals surface area contributed by atoms with Crippen LogP contribution in [0, 0.1) is 5.92 Å². The van der Waals surface area contributed by atoms with Crippen LogP contribution in [0.2, 0.25) is 0 Å². The third kappa shape index (κ3) is 25.3. The van der Waals surface area contributed by atoms with Gasteiger partial charge in [0, 0.05) is 26.4 Å². The lowest BCUT2D eigenvalue weighted by Gasteiger charge is -2.18. The molecule has 240 valence electrons. The summed E-state index contributed by atoms with van der Waals surface area (Å²) in [5, 5.41) is 0. The Labute approximate surface area is 248 Å². The maximum atomic E-state index is 12.4. The molecule has 0 aromatic rings. The summed E-state index contributed by atoms with van der Waals surface area (Å²) in [6.07, 6.45) is 15.4. The first-order valence-electron chi connectivity index (χ1n) is 16.0. The van der Waals surface area contributed by atoms with Crippen LogP contribution in [0.5, 0.6) is 0 Å². The molecule has 0 radical (unpaired) electrons. The molecule has 9 nitrogen and oxygen atoms in total. The van der Waals surface area contributed by atoms with Crippen molar-refractivity contribution < 1.29 is 42.9 Å². The molecule has 0 rings (SSSR count). The SMILES string of the molecule is CCCCCCCCCC(=O)OCC(COC(=O)CCCCCCCCC)OC(=O)CCCOC(=O)C(C)COC. The van der Waals surface area contributed by atoms with Crippen molar-refractivity contribution in [3.63, 3.8) is 0 Å². The maximum absolute atomic E-state index is 12.4. The third-order valence-corrected chi connectivity index (χ3v) is 6.72. The fraction of sp³-hybridized carbons (Fsp3) is 0.875. The average molecular weight is 587 g/mol. The van der Waals surface area contributed by atoms with Gasteiger partial charge in [-0.05, 0) is 26.2 Å². The van der Waals surface area contributed by atoms with Crippen molar-refractivity contribution in [2.45, 2.75) is 142 Å². The van der Waals surface area contributed by atoms with Gasteiger partial charge in [-0.1, -0.05) is 90.9 Å². The van der Waals surface area contributed by atoms with Crippen molar-refractivity contribution in [2.24, 2.45) is 5.92 Å². The number of esters is 4. The Bertz CT molecular complexity index is 646. The Balaban J connectivity index is 4.50. The fourth-order valence-electron chi connectivity index (χ4n) is 4.18. The van der Waals surface area contributed by atoms with Gasteiger partial charge in [0.2, 0.25) is 0 Å². The predicted octanol–water partition coefficient (Wildman–Crippen LogP) is 6.87. The lowest BCUT2D eigenvalue weighted by atomic mass is 10.1. The molecule has 0 aromatic heterocycles. The molecule has 0 amide bonds. The van der Waals surface area contributed by atoms with Crippen LogP contribution in [-0.4, -0.2) is 63.5 Å². The van der Waals surface area contributed by atoms with E-state index < -0.39 is 12.1 Å². The Morgan fingerprint density at radius 1 is 0.537 bits per heavy atom. The normalized spacial score (nSPS) is 11.7. The Morgan fingerprint density at radius 3 is 1.44 bits per heavy atom. The molecule has 0 saturated carbocycles. The van der Waals surface area contributed by atoms with Crippen molar-refractivity contribution >= 4 is 23.9 Å². The number of ether oxygens (including phenoxy) is 5. The van der Waals surface area contributed by atoms with E-state index in [1.165, 1.54) is 58.5 Å². The first-order valence-corrected chi connectivity index (χ1v) is 16.0. The summed E-state index contributed by atoms with van der Waals surface area (Å²) in [7, 11) is 1.51. The minimum Gasteiger partial charge on any atom is -0.465 e. The number of hydrogen-bond acceptors (Lipinski definition) is 9. The summed E-state index contributed by atoms with van der Waals surface area (Å²) in [4.78, 5) is 48.7. The molecule has 1 atom stereocenters. The van der Waals surface area contributed by atoms with E-state index in [9.17, 15) is 19.2 Å². The second kappa shape index (κ2) is 28.0. The van der Waals surface area contributed by atoms with E-state index in [2.05, 4.69) is 13.8 Å². The molecule has 0 aliphatic carbocycles. The van der Waals surface area contributed by atoms with Gasteiger partial charge in [0.15, 0.2) is 6.10 Å². The maximum Gasteiger partial charge on any atom is 0.310 e. The van der Waals surface area contributed by atoms with E-state index >= 15 is 0 Å². The highest BCUT2D eigenvalue weighted by molar-refractivity contribution is 5.72. The highest BCUT2D eigenvalue weighted by Crippen LogP contribution is 2.11. The Hall–Kier alpha value is -2.16. The Morgan fingerprint density at radius 2 is 0.976 bits per heavy atom. The van der Waals surface area contributed by atoms with Crippen LogP contribution < -0.4 is 0 Å². The second-order valence-corrected chi connectivity index (χ2v) is 10.8. The van der Waals surface area contributed by atoms with Crippen molar-refractivity contribution in [2.75, 3.05) is 33.5 Å². The summed E-state index contributed by atoms with van der Waals surface area (Å²) >= 11 is 0. The van der Waals surface area contributed by atoms with Crippen molar-refractivity contribution in [1.82, 2.24) is 0 Å². The van der Waals surface area contributed by atoms with Crippen molar-refractivity contribution in [1.29, 1.82) is 0 Å². The first-order chi connectivity index (χ1) is 19.8. The van der Waals surface area contributed by atoms with E-state index in [0.717, 1.165) is 38.5 Å². The van der Waals surface area contributed by atoms with E-state index in [1.54, 1.807) is 6.92 Å². The molecule has 0 bridgehead atoms. The number of carbonyl (C=O) groups excluding carboxylic acids is 4. The fourth-order valence-corrected chi connectivity index (χ4v) is 4.18. The van der Waals surface area contributed by atoms with E-state index in [4.69, 9.17) is 23.7 Å². The highest BCUT2D eigenvalue weighted by Gasteiger charge is 2.20. The number of carbonyl (C=O) groups is 4. The summed E-state index contributed by atoms with van der Waals surface area (Å²) < 4.78 is 26.2. The van der Waals surface area contributed by atoms with Gasteiger partial charge in [-0.3, -0.25) is 19.2 Å². The lowest BCUT2D eigenvalue weighted by molar-refractivity contribution is -0.167. The largest absolute Gasteiger partial charge is 0.465 e. The monoisotopic (exact) mass is 586 g/mol. The predicted molar refractivity (Wildman–Crippen MR) is 158 cm³/mol. The molecule has 0 heterocycles. The van der Waals surface area contributed by atoms with Gasteiger partial charge < -0.3 is 23.7 Å². The van der Waals surface area contributed by atoms with Gasteiger partial charge in [-0.25, -0.2) is 0 Å². The zero-order valence-corrected chi connectivity index (χ0v) is 26.4. The topological polar surface area (TPSA) is 114 Å². The molecule has 0 fully saturated rings. The van der Waals surface area contributed by atoms with Crippen molar-refractivity contribution in [3.05, 3.63) is 0 Å². The van der Waals surface area contributed by atoms with Gasteiger partial charge in [0.25, 0.3) is 0 Å². The standard InChI is InChI=1S/C32H58O9/c1-5-7-9-11-13-15-17-20-29(33)39-25-28(26-40-30(34)21-18-16-14-12-10-8-6-2)41-31(35)22-19-23-38-32(36)27(3)24-37-4/h27-28H,5-26H2,1-4H3. The van der Waals surface area contributed by atoms with Gasteiger partial charge in [-0.15, -0.1) is 0 Å². The minimum atomic E-state index is -0.886. The van der Waals surface area contributed by atoms with Crippen LogP contribution in [0.4, 0.5) is 0 Å². The molecule has 0 N–H and O–H groups in total. The van der Waals surface area contributed by atoms with Crippen LogP contribution in [0.1, 0.15) is 136 Å². The van der Waals surface area contributed by atoms with E-state index in [1.807, 2.05) is 0 Å².